The number of furan rings is 1. The molecule has 0 saturated carbocycles. The number of ether oxygens (including phenoxy) is 1. The number of aromatic carboxylic acids is 1. The Balaban J connectivity index is 2.35. The van der Waals surface area contributed by atoms with Crippen molar-refractivity contribution in [2.75, 3.05) is 7.11 Å². The zero-order valence-electron chi connectivity index (χ0n) is 12.2. The van der Waals surface area contributed by atoms with E-state index in [9.17, 15) is 14.7 Å². The maximum atomic E-state index is 11.5. The summed E-state index contributed by atoms with van der Waals surface area (Å²) in [5.74, 6) is -2.89. The van der Waals surface area contributed by atoms with Gasteiger partial charge in [-0.2, -0.15) is 0 Å². The Morgan fingerprint density at radius 3 is 2.50 bits per heavy atom. The van der Waals surface area contributed by atoms with E-state index in [1.54, 1.807) is 6.07 Å². The molecule has 0 spiro atoms. The molecule has 0 saturated heterocycles. The summed E-state index contributed by atoms with van der Waals surface area (Å²) < 4.78 is 10.4. The molecule has 22 heavy (non-hydrogen) atoms. The Bertz CT molecular complexity index is 700. The second-order valence-electron chi connectivity index (χ2n) is 4.92. The van der Waals surface area contributed by atoms with Gasteiger partial charge in [0.05, 0.1) is 7.11 Å². The molecule has 0 aliphatic carbocycles. The molecule has 6 heteroatoms. The molecule has 6 nitrogen and oxygen atoms in total. The molecule has 1 heterocycles. The molecule has 116 valence electrons. The van der Waals surface area contributed by atoms with Crippen LogP contribution in [0.5, 0.6) is 5.75 Å². The zero-order chi connectivity index (χ0) is 16.3. The van der Waals surface area contributed by atoms with Crippen LogP contribution < -0.4 is 4.74 Å². The topological polar surface area (TPSA) is 97.0 Å². The van der Waals surface area contributed by atoms with Gasteiger partial charge in [0.25, 0.3) is 0 Å². The number of hydrogen-bond donors (Lipinski definition) is 2. The van der Waals surface area contributed by atoms with Crippen molar-refractivity contribution in [3.63, 3.8) is 0 Å². The monoisotopic (exact) mass is 304 g/mol. The number of aryl methyl sites for hydroxylation is 1. The highest BCUT2D eigenvalue weighted by Gasteiger charge is 2.26. The molecule has 0 bridgehead atoms. The van der Waals surface area contributed by atoms with E-state index in [-0.39, 0.29) is 17.9 Å². The lowest BCUT2D eigenvalue weighted by Gasteiger charge is -2.13. The van der Waals surface area contributed by atoms with Gasteiger partial charge < -0.3 is 19.4 Å². The molecule has 1 atom stereocenters. The molecule has 0 fully saturated rings. The van der Waals surface area contributed by atoms with Crippen molar-refractivity contribution in [3.8, 4) is 5.75 Å². The van der Waals surface area contributed by atoms with E-state index in [0.717, 1.165) is 11.1 Å². The van der Waals surface area contributed by atoms with Crippen molar-refractivity contribution < 1.29 is 29.0 Å². The van der Waals surface area contributed by atoms with Gasteiger partial charge in [-0.3, -0.25) is 4.79 Å². The van der Waals surface area contributed by atoms with Crippen LogP contribution in [0.2, 0.25) is 0 Å². The lowest BCUT2D eigenvalue weighted by molar-refractivity contribution is -0.139. The van der Waals surface area contributed by atoms with E-state index < -0.39 is 17.9 Å². The molecule has 2 aromatic rings. The van der Waals surface area contributed by atoms with Crippen LogP contribution in [0.1, 0.15) is 33.4 Å². The first-order valence-electron chi connectivity index (χ1n) is 6.61. The maximum Gasteiger partial charge on any atom is 0.371 e. The van der Waals surface area contributed by atoms with Gasteiger partial charge in [-0.25, -0.2) is 4.79 Å². The number of aliphatic carboxylic acids is 1. The number of carboxylic acid groups (broad SMARTS) is 2. The minimum atomic E-state index is -1.23. The van der Waals surface area contributed by atoms with E-state index in [1.165, 1.54) is 19.2 Å². The summed E-state index contributed by atoms with van der Waals surface area (Å²) in [6.45, 7) is 1.90. The minimum absolute atomic E-state index is 0.105. The van der Waals surface area contributed by atoms with E-state index >= 15 is 0 Å². The number of benzene rings is 1. The number of hydrogen-bond acceptors (Lipinski definition) is 4. The average Bonchev–Trinajstić information content (AvgIpc) is 2.94. The Morgan fingerprint density at radius 2 is 1.95 bits per heavy atom. The summed E-state index contributed by atoms with van der Waals surface area (Å²) in [4.78, 5) is 22.4. The summed E-state index contributed by atoms with van der Waals surface area (Å²) in [5, 5.41) is 18.3. The Hall–Kier alpha value is -2.76. The summed E-state index contributed by atoms with van der Waals surface area (Å²) in [5.41, 5.74) is 1.70. The van der Waals surface area contributed by atoms with Gasteiger partial charge in [0.1, 0.15) is 17.4 Å². The molecule has 1 aromatic heterocycles. The first-order chi connectivity index (χ1) is 10.4. The van der Waals surface area contributed by atoms with Crippen molar-refractivity contribution in [2.45, 2.75) is 19.3 Å². The quantitative estimate of drug-likeness (QED) is 0.851. The van der Waals surface area contributed by atoms with Gasteiger partial charge in [-0.15, -0.1) is 0 Å². The minimum Gasteiger partial charge on any atom is -0.496 e. The van der Waals surface area contributed by atoms with Crippen molar-refractivity contribution >= 4 is 11.9 Å². The molecule has 0 aliphatic heterocycles. The first-order valence-corrected chi connectivity index (χ1v) is 6.61. The van der Waals surface area contributed by atoms with Crippen LogP contribution in [0.25, 0.3) is 0 Å². The predicted octanol–water partition coefficient (Wildman–Crippen LogP) is 2.71. The van der Waals surface area contributed by atoms with Crippen LogP contribution in [0, 0.1) is 6.92 Å². The normalized spacial score (nSPS) is 11.9. The molecule has 2 rings (SSSR count). The number of methoxy groups -OCH3 is 1. The summed E-state index contributed by atoms with van der Waals surface area (Å²) in [7, 11) is 1.51. The Morgan fingerprint density at radius 1 is 1.23 bits per heavy atom. The van der Waals surface area contributed by atoms with Crippen LogP contribution in [0.15, 0.2) is 34.7 Å². The summed E-state index contributed by atoms with van der Waals surface area (Å²) in [6, 6.07) is 8.11. The van der Waals surface area contributed by atoms with E-state index in [4.69, 9.17) is 14.3 Å². The highest BCUT2D eigenvalue weighted by atomic mass is 16.5. The van der Waals surface area contributed by atoms with Gasteiger partial charge in [-0.1, -0.05) is 17.7 Å². The standard InChI is InChI=1S/C16H16O6/c1-9-3-4-12(21-2)10(7-9)8-11(15(17)18)13-5-6-14(22-13)16(19)20/h3-7,11H,8H2,1-2H3,(H,17,18)(H,19,20). The number of carbonyl (C=O) groups is 2. The van der Waals surface area contributed by atoms with Crippen LogP contribution in [-0.4, -0.2) is 29.3 Å². The second kappa shape index (κ2) is 6.34. The maximum absolute atomic E-state index is 11.5. The molecule has 2 N–H and O–H groups in total. The second-order valence-corrected chi connectivity index (χ2v) is 4.92. The molecule has 1 aromatic carbocycles. The van der Waals surface area contributed by atoms with Gasteiger partial charge in [0.15, 0.2) is 0 Å². The lowest BCUT2D eigenvalue weighted by Crippen LogP contribution is -2.14. The highest BCUT2D eigenvalue weighted by Crippen LogP contribution is 2.29. The fraction of sp³-hybridized carbons (Fsp3) is 0.250. The molecular formula is C16H16O6. The molecule has 1 unspecified atom stereocenters. The Labute approximate surface area is 126 Å². The van der Waals surface area contributed by atoms with Crippen LogP contribution in [0.4, 0.5) is 0 Å². The molecule has 0 radical (unpaired) electrons. The smallest absolute Gasteiger partial charge is 0.371 e. The predicted molar refractivity (Wildman–Crippen MR) is 77.5 cm³/mol. The van der Waals surface area contributed by atoms with Crippen molar-refractivity contribution in [1.29, 1.82) is 0 Å². The van der Waals surface area contributed by atoms with Crippen molar-refractivity contribution in [3.05, 3.63) is 53.0 Å². The summed E-state index contributed by atoms with van der Waals surface area (Å²) in [6.07, 6.45) is 0.146. The number of carboxylic acids is 2. The van der Waals surface area contributed by atoms with Gasteiger partial charge in [-0.05, 0) is 37.1 Å². The van der Waals surface area contributed by atoms with E-state index in [2.05, 4.69) is 0 Å². The highest BCUT2D eigenvalue weighted by molar-refractivity contribution is 5.84. The molecule has 0 aliphatic rings. The Kier molecular flexibility index (Phi) is 4.50. The fourth-order valence-corrected chi connectivity index (χ4v) is 2.25. The van der Waals surface area contributed by atoms with Crippen LogP contribution in [0.3, 0.4) is 0 Å². The largest absolute Gasteiger partial charge is 0.496 e. The van der Waals surface area contributed by atoms with Gasteiger partial charge in [0.2, 0.25) is 5.76 Å². The number of rotatable bonds is 6. The SMILES string of the molecule is COc1ccc(C)cc1CC(C(=O)O)c1ccc(C(=O)O)o1. The zero-order valence-corrected chi connectivity index (χ0v) is 12.2. The van der Waals surface area contributed by atoms with E-state index in [1.807, 2.05) is 19.1 Å². The van der Waals surface area contributed by atoms with Crippen molar-refractivity contribution in [1.82, 2.24) is 0 Å². The van der Waals surface area contributed by atoms with Crippen molar-refractivity contribution in [2.24, 2.45) is 0 Å². The third-order valence-electron chi connectivity index (χ3n) is 3.34. The van der Waals surface area contributed by atoms with E-state index in [0.29, 0.717) is 5.75 Å². The lowest BCUT2D eigenvalue weighted by atomic mass is 9.95. The summed E-state index contributed by atoms with van der Waals surface area (Å²) >= 11 is 0. The third kappa shape index (κ3) is 3.28. The van der Waals surface area contributed by atoms with Crippen LogP contribution in [-0.2, 0) is 11.2 Å². The third-order valence-corrected chi connectivity index (χ3v) is 3.34. The first kappa shape index (κ1) is 15.6. The van der Waals surface area contributed by atoms with Gasteiger partial charge >= 0.3 is 11.9 Å². The average molecular weight is 304 g/mol. The fourth-order valence-electron chi connectivity index (χ4n) is 2.25. The molecule has 0 amide bonds. The van der Waals surface area contributed by atoms with Gasteiger partial charge in [0, 0.05) is 0 Å². The molecular weight excluding hydrogens is 288 g/mol. The van der Waals surface area contributed by atoms with Crippen LogP contribution >= 0.6 is 0 Å².